The monoisotopic (exact) mass is 308 g/mol. The van der Waals surface area contributed by atoms with Gasteiger partial charge in [-0.3, -0.25) is 0 Å². The van der Waals surface area contributed by atoms with E-state index < -0.39 is 0 Å². The fraction of sp³-hybridized carbons (Fsp3) is 0.500. The average Bonchev–Trinajstić information content (AvgIpc) is 2.47. The number of aromatic nitrogens is 1. The predicted molar refractivity (Wildman–Crippen MR) is 73.5 cm³/mol. The van der Waals surface area contributed by atoms with Crippen LogP contribution in [0.5, 0.6) is 0 Å². The molecule has 1 rings (SSSR count). The number of alkyl halides is 1. The summed E-state index contributed by atoms with van der Waals surface area (Å²) in [6.45, 7) is 4.17. The maximum Gasteiger partial charge on any atom is 0.186 e. The number of hydrogen-bond acceptors (Lipinski definition) is 3. The Hall–Kier alpha value is -0.0600. The summed E-state index contributed by atoms with van der Waals surface area (Å²) in [5, 5.41) is 1.51. The van der Waals surface area contributed by atoms with Crippen LogP contribution in [0.2, 0.25) is 5.15 Å². The molecule has 0 aromatic carbocycles. The minimum Gasteiger partial charge on any atom is -0.354 e. The third-order valence-corrected chi connectivity index (χ3v) is 4.26. The Morgan fingerprint density at radius 2 is 2.20 bits per heavy atom. The molecule has 15 heavy (non-hydrogen) atoms. The highest BCUT2D eigenvalue weighted by Gasteiger charge is 2.09. The molecule has 1 unspecified atom stereocenters. The Morgan fingerprint density at radius 3 is 2.60 bits per heavy atom. The van der Waals surface area contributed by atoms with Gasteiger partial charge in [0.25, 0.3) is 0 Å². The molecule has 2 nitrogen and oxygen atoms in total. The third-order valence-electron chi connectivity index (χ3n) is 1.97. The lowest BCUT2D eigenvalue weighted by molar-refractivity contribution is 1.10. The minimum atomic E-state index is 0.360. The molecule has 84 valence electrons. The number of hydrogen-bond donors (Lipinski definition) is 0. The van der Waals surface area contributed by atoms with Crippen LogP contribution in [-0.2, 0) is 0 Å². The van der Waals surface area contributed by atoms with Crippen molar-refractivity contribution in [1.82, 2.24) is 4.98 Å². The molecule has 0 amide bonds. The fourth-order valence-corrected chi connectivity index (χ4v) is 2.23. The van der Waals surface area contributed by atoms with E-state index in [1.807, 2.05) is 19.0 Å². The zero-order valence-electron chi connectivity index (χ0n) is 9.21. The highest BCUT2D eigenvalue weighted by atomic mass is 79.9. The Morgan fingerprint density at radius 1 is 1.60 bits per heavy atom. The molecule has 0 radical (unpaired) electrons. The summed E-state index contributed by atoms with van der Waals surface area (Å²) in [5.41, 5.74) is 1.24. The first-order chi connectivity index (χ1) is 6.91. The van der Waals surface area contributed by atoms with Crippen molar-refractivity contribution in [3.05, 3.63) is 15.6 Å². The summed E-state index contributed by atoms with van der Waals surface area (Å²) in [4.78, 5) is 7.61. The van der Waals surface area contributed by atoms with Gasteiger partial charge in [-0.15, -0.1) is 0 Å². The van der Waals surface area contributed by atoms with Crippen molar-refractivity contribution in [1.29, 1.82) is 0 Å². The van der Waals surface area contributed by atoms with Crippen LogP contribution in [0, 0.1) is 0 Å². The molecular formula is C10H14BrClN2S. The van der Waals surface area contributed by atoms with E-state index in [0.717, 1.165) is 10.0 Å². The molecule has 0 aliphatic carbocycles. The molecule has 0 aliphatic rings. The van der Waals surface area contributed by atoms with E-state index in [9.17, 15) is 0 Å². The highest BCUT2D eigenvalue weighted by Crippen LogP contribution is 2.31. The predicted octanol–water partition coefficient (Wildman–Crippen LogP) is 4.05. The van der Waals surface area contributed by atoms with E-state index in [4.69, 9.17) is 11.6 Å². The van der Waals surface area contributed by atoms with E-state index in [1.165, 1.54) is 5.57 Å². The molecule has 0 saturated heterocycles. The number of nitrogens with zero attached hydrogens (tertiary/aromatic N) is 2. The highest BCUT2D eigenvalue weighted by molar-refractivity contribution is 9.09. The number of anilines is 1. The lowest BCUT2D eigenvalue weighted by atomic mass is 10.2. The van der Waals surface area contributed by atoms with E-state index in [2.05, 4.69) is 40.8 Å². The second-order valence-electron chi connectivity index (χ2n) is 3.55. The van der Waals surface area contributed by atoms with Gasteiger partial charge in [-0.05, 0) is 19.9 Å². The molecule has 0 aliphatic heterocycles. The van der Waals surface area contributed by atoms with Crippen molar-refractivity contribution >= 4 is 50.1 Å². The van der Waals surface area contributed by atoms with Crippen molar-refractivity contribution in [3.8, 4) is 0 Å². The van der Waals surface area contributed by atoms with Crippen molar-refractivity contribution in [2.24, 2.45) is 0 Å². The second kappa shape index (κ2) is 5.32. The van der Waals surface area contributed by atoms with Gasteiger partial charge < -0.3 is 4.90 Å². The minimum absolute atomic E-state index is 0.360. The van der Waals surface area contributed by atoms with Gasteiger partial charge in [0.2, 0.25) is 0 Å². The molecule has 5 heteroatoms. The molecule has 1 atom stereocenters. The summed E-state index contributed by atoms with van der Waals surface area (Å²) in [6.07, 6.45) is 2.08. The molecule has 0 bridgehead atoms. The van der Waals surface area contributed by atoms with E-state index in [1.54, 1.807) is 11.3 Å². The molecule has 1 heterocycles. The summed E-state index contributed by atoms with van der Waals surface area (Å²) in [5.74, 6) is 0. The van der Waals surface area contributed by atoms with Crippen molar-refractivity contribution < 1.29 is 0 Å². The zero-order valence-corrected chi connectivity index (χ0v) is 12.4. The first-order valence-corrected chi connectivity index (χ1v) is 6.68. The summed E-state index contributed by atoms with van der Waals surface area (Å²) >= 11 is 11.2. The summed E-state index contributed by atoms with van der Waals surface area (Å²) < 4.78 is 0. The van der Waals surface area contributed by atoms with Crippen molar-refractivity contribution in [2.75, 3.05) is 19.0 Å². The SMILES string of the molecule is C/C(=C\c1sc(N(C)C)nc1Cl)C(C)Br. The van der Waals surface area contributed by atoms with Crippen molar-refractivity contribution in [3.63, 3.8) is 0 Å². The first kappa shape index (κ1) is 13.0. The van der Waals surface area contributed by atoms with Gasteiger partial charge in [0, 0.05) is 18.9 Å². The van der Waals surface area contributed by atoms with Crippen LogP contribution < -0.4 is 4.90 Å². The maximum absolute atomic E-state index is 6.05. The number of halogens is 2. The standard InChI is InChI=1S/C10H14BrClN2S/c1-6(7(2)11)5-8-9(12)13-10(15-8)14(3)4/h5,7H,1-4H3/b6-5+. The summed E-state index contributed by atoms with van der Waals surface area (Å²) in [6, 6.07) is 0. The Bertz CT molecular complexity index is 371. The van der Waals surface area contributed by atoms with Gasteiger partial charge in [-0.1, -0.05) is 44.4 Å². The molecule has 0 spiro atoms. The van der Waals surface area contributed by atoms with Crippen LogP contribution in [0.3, 0.4) is 0 Å². The Balaban J connectivity index is 3.00. The van der Waals surface area contributed by atoms with Crippen molar-refractivity contribution in [2.45, 2.75) is 18.7 Å². The van der Waals surface area contributed by atoms with Crippen LogP contribution in [0.1, 0.15) is 18.7 Å². The fourth-order valence-electron chi connectivity index (χ4n) is 0.904. The Kier molecular flexibility index (Phi) is 4.62. The van der Waals surface area contributed by atoms with Gasteiger partial charge in [-0.25, -0.2) is 4.98 Å². The Labute approximate surface area is 108 Å². The van der Waals surface area contributed by atoms with Gasteiger partial charge >= 0.3 is 0 Å². The molecule has 0 N–H and O–H groups in total. The van der Waals surface area contributed by atoms with E-state index in [0.29, 0.717) is 9.98 Å². The molecule has 0 saturated carbocycles. The van der Waals surface area contributed by atoms with Crippen LogP contribution in [-0.4, -0.2) is 23.9 Å². The van der Waals surface area contributed by atoms with Crippen LogP contribution in [0.15, 0.2) is 5.57 Å². The summed E-state index contributed by atoms with van der Waals surface area (Å²) in [7, 11) is 3.92. The number of allylic oxidation sites excluding steroid dienone is 1. The van der Waals surface area contributed by atoms with Crippen LogP contribution in [0.4, 0.5) is 5.13 Å². The number of rotatable bonds is 3. The zero-order chi connectivity index (χ0) is 11.6. The number of thiazole rings is 1. The van der Waals surface area contributed by atoms with Gasteiger partial charge in [0.1, 0.15) is 5.15 Å². The van der Waals surface area contributed by atoms with E-state index >= 15 is 0 Å². The van der Waals surface area contributed by atoms with Gasteiger partial charge in [-0.2, -0.15) is 0 Å². The van der Waals surface area contributed by atoms with Crippen LogP contribution >= 0.6 is 38.9 Å². The third kappa shape index (κ3) is 3.47. The molecule has 0 fully saturated rings. The van der Waals surface area contributed by atoms with E-state index in [-0.39, 0.29) is 0 Å². The molecule has 1 aromatic rings. The topological polar surface area (TPSA) is 16.1 Å². The van der Waals surface area contributed by atoms with Gasteiger partial charge in [0.05, 0.1) is 4.88 Å². The molecular weight excluding hydrogens is 296 g/mol. The second-order valence-corrected chi connectivity index (χ2v) is 6.29. The van der Waals surface area contributed by atoms with Gasteiger partial charge in [0.15, 0.2) is 5.13 Å². The first-order valence-electron chi connectivity index (χ1n) is 4.57. The largest absolute Gasteiger partial charge is 0.354 e. The smallest absolute Gasteiger partial charge is 0.186 e. The normalized spacial score (nSPS) is 14.1. The van der Waals surface area contributed by atoms with Crippen LogP contribution in [0.25, 0.3) is 6.08 Å². The lowest BCUT2D eigenvalue weighted by Gasteiger charge is -2.05. The molecule has 1 aromatic heterocycles. The maximum atomic E-state index is 6.05. The quantitative estimate of drug-likeness (QED) is 0.783. The average molecular weight is 310 g/mol. The lowest BCUT2D eigenvalue weighted by Crippen LogP contribution is -2.07.